The Balaban J connectivity index is 1.66. The molecule has 5 heteroatoms. The van der Waals surface area contributed by atoms with Gasteiger partial charge in [0.15, 0.2) is 5.84 Å². The molecule has 0 saturated carbocycles. The van der Waals surface area contributed by atoms with E-state index >= 15 is 0 Å². The summed E-state index contributed by atoms with van der Waals surface area (Å²) in [5.41, 5.74) is 12.5. The van der Waals surface area contributed by atoms with Gasteiger partial charge in [-0.3, -0.25) is 4.68 Å². The second-order valence-corrected chi connectivity index (χ2v) is 6.52. The molecule has 3 aromatic rings. The van der Waals surface area contributed by atoms with Crippen LogP contribution < -0.4 is 5.73 Å². The molecule has 0 aliphatic rings. The maximum Gasteiger partial charge on any atom is 0.170 e. The van der Waals surface area contributed by atoms with E-state index in [2.05, 4.69) is 36.2 Å². The lowest BCUT2D eigenvalue weighted by atomic mass is 10.1. The maximum absolute atomic E-state index is 6.08. The number of rotatable bonds is 6. The summed E-state index contributed by atoms with van der Waals surface area (Å²) in [6.07, 6.45) is 0. The van der Waals surface area contributed by atoms with E-state index in [9.17, 15) is 0 Å². The van der Waals surface area contributed by atoms with Crippen molar-refractivity contribution < 1.29 is 4.84 Å². The molecular weight excluding hydrogens is 324 g/mol. The molecule has 26 heavy (non-hydrogen) atoms. The highest BCUT2D eigenvalue weighted by molar-refractivity contribution is 5.97. The predicted molar refractivity (Wildman–Crippen MR) is 104 cm³/mol. The molecule has 2 aromatic carbocycles. The standard InChI is InChI=1S/C21H24N4O/c1-15-7-9-18(10-8-15)14-26-24-21(22)20-6-4-5-19(12-20)13-25-17(3)11-16(2)23-25/h4-12H,13-14H2,1-3H3,(H2,22,24). The predicted octanol–water partition coefficient (Wildman–Crippen LogP) is 3.69. The van der Waals surface area contributed by atoms with Crippen molar-refractivity contribution in [3.8, 4) is 0 Å². The Bertz CT molecular complexity index is 910. The molecule has 2 N–H and O–H groups in total. The number of benzene rings is 2. The molecular formula is C21H24N4O. The average molecular weight is 348 g/mol. The molecule has 0 fully saturated rings. The zero-order chi connectivity index (χ0) is 18.5. The minimum absolute atomic E-state index is 0.368. The Labute approximate surface area is 154 Å². The van der Waals surface area contributed by atoms with Crippen LogP contribution in [-0.4, -0.2) is 15.6 Å². The molecule has 134 valence electrons. The average Bonchev–Trinajstić information content (AvgIpc) is 2.94. The van der Waals surface area contributed by atoms with Crippen LogP contribution in [0.25, 0.3) is 0 Å². The summed E-state index contributed by atoms with van der Waals surface area (Å²) < 4.78 is 1.98. The van der Waals surface area contributed by atoms with Crippen LogP contribution in [0, 0.1) is 20.8 Å². The first-order valence-electron chi connectivity index (χ1n) is 8.62. The second kappa shape index (κ2) is 7.87. The van der Waals surface area contributed by atoms with E-state index in [0.717, 1.165) is 28.1 Å². The Morgan fingerprint density at radius 2 is 1.81 bits per heavy atom. The summed E-state index contributed by atoms with van der Waals surface area (Å²) in [6, 6.07) is 18.2. The topological polar surface area (TPSA) is 65.4 Å². The number of hydrogen-bond donors (Lipinski definition) is 1. The van der Waals surface area contributed by atoms with E-state index in [1.54, 1.807) is 0 Å². The van der Waals surface area contributed by atoms with Gasteiger partial charge in [0.2, 0.25) is 0 Å². The lowest BCUT2D eigenvalue weighted by Crippen LogP contribution is -2.14. The number of amidine groups is 1. The number of nitrogens with zero attached hydrogens (tertiary/aromatic N) is 3. The first kappa shape index (κ1) is 17.7. The fourth-order valence-corrected chi connectivity index (χ4v) is 2.75. The lowest BCUT2D eigenvalue weighted by molar-refractivity contribution is 0.130. The normalized spacial score (nSPS) is 11.6. The first-order valence-corrected chi connectivity index (χ1v) is 8.62. The molecule has 3 rings (SSSR count). The van der Waals surface area contributed by atoms with Gasteiger partial charge in [-0.1, -0.05) is 53.2 Å². The molecule has 0 saturated heterocycles. The van der Waals surface area contributed by atoms with Crippen molar-refractivity contribution in [3.05, 3.63) is 88.2 Å². The van der Waals surface area contributed by atoms with E-state index in [4.69, 9.17) is 10.6 Å². The third kappa shape index (κ3) is 4.51. The number of aryl methyl sites for hydroxylation is 3. The second-order valence-electron chi connectivity index (χ2n) is 6.52. The van der Waals surface area contributed by atoms with Gasteiger partial charge >= 0.3 is 0 Å². The van der Waals surface area contributed by atoms with Gasteiger partial charge in [-0.05, 0) is 44.0 Å². The molecule has 0 amide bonds. The van der Waals surface area contributed by atoms with E-state index in [1.165, 1.54) is 5.56 Å². The minimum Gasteiger partial charge on any atom is -0.389 e. The van der Waals surface area contributed by atoms with Crippen molar-refractivity contribution in [1.82, 2.24) is 9.78 Å². The number of aromatic nitrogens is 2. The Kier molecular flexibility index (Phi) is 5.37. The molecule has 0 atom stereocenters. The van der Waals surface area contributed by atoms with Gasteiger partial charge in [0.05, 0.1) is 12.2 Å². The Hall–Kier alpha value is -3.08. The summed E-state index contributed by atoms with van der Waals surface area (Å²) in [6.45, 7) is 7.20. The molecule has 0 aliphatic carbocycles. The van der Waals surface area contributed by atoms with Crippen LogP contribution in [0.4, 0.5) is 0 Å². The van der Waals surface area contributed by atoms with Crippen LogP contribution in [0.3, 0.4) is 0 Å². The van der Waals surface area contributed by atoms with Crippen molar-refractivity contribution in [2.45, 2.75) is 33.9 Å². The van der Waals surface area contributed by atoms with E-state index < -0.39 is 0 Å². The lowest BCUT2D eigenvalue weighted by Gasteiger charge is -2.07. The van der Waals surface area contributed by atoms with Gasteiger partial charge in [0, 0.05) is 11.3 Å². The third-order valence-electron chi connectivity index (χ3n) is 4.17. The molecule has 1 aromatic heterocycles. The first-order chi connectivity index (χ1) is 12.5. The minimum atomic E-state index is 0.368. The zero-order valence-electron chi connectivity index (χ0n) is 15.4. The summed E-state index contributed by atoms with van der Waals surface area (Å²) in [7, 11) is 0. The van der Waals surface area contributed by atoms with Gasteiger partial charge in [0.1, 0.15) is 6.61 Å². The van der Waals surface area contributed by atoms with Crippen molar-refractivity contribution >= 4 is 5.84 Å². The largest absolute Gasteiger partial charge is 0.389 e. The summed E-state index contributed by atoms with van der Waals surface area (Å²) in [5.74, 6) is 0.368. The quantitative estimate of drug-likeness (QED) is 0.420. The van der Waals surface area contributed by atoms with Gasteiger partial charge in [-0.25, -0.2) is 0 Å². The van der Waals surface area contributed by atoms with Crippen molar-refractivity contribution in [3.63, 3.8) is 0 Å². The molecule has 0 unspecified atom stereocenters. The highest BCUT2D eigenvalue weighted by Crippen LogP contribution is 2.10. The molecule has 0 bridgehead atoms. The van der Waals surface area contributed by atoms with Crippen molar-refractivity contribution in [1.29, 1.82) is 0 Å². The molecule has 0 aliphatic heterocycles. The van der Waals surface area contributed by atoms with Crippen LogP contribution in [0.2, 0.25) is 0 Å². The molecule has 0 radical (unpaired) electrons. The Morgan fingerprint density at radius 1 is 1.04 bits per heavy atom. The van der Waals surface area contributed by atoms with Crippen molar-refractivity contribution in [2.75, 3.05) is 0 Å². The molecule has 0 spiro atoms. The van der Waals surface area contributed by atoms with E-state index in [-0.39, 0.29) is 0 Å². The van der Waals surface area contributed by atoms with E-state index in [0.29, 0.717) is 19.0 Å². The fourth-order valence-electron chi connectivity index (χ4n) is 2.75. The maximum atomic E-state index is 6.08. The fraction of sp³-hybridized carbons (Fsp3) is 0.238. The van der Waals surface area contributed by atoms with Crippen LogP contribution in [-0.2, 0) is 18.0 Å². The highest BCUT2D eigenvalue weighted by atomic mass is 16.6. The summed E-state index contributed by atoms with van der Waals surface area (Å²) >= 11 is 0. The SMILES string of the molecule is Cc1ccc(CO/N=C(\N)c2cccc(Cn3nc(C)cc3C)c2)cc1. The number of nitrogens with two attached hydrogens (primary N) is 1. The van der Waals surface area contributed by atoms with Crippen LogP contribution in [0.15, 0.2) is 59.8 Å². The molecule has 5 nitrogen and oxygen atoms in total. The van der Waals surface area contributed by atoms with Crippen LogP contribution in [0.1, 0.15) is 33.6 Å². The Morgan fingerprint density at radius 3 is 2.50 bits per heavy atom. The van der Waals surface area contributed by atoms with Crippen molar-refractivity contribution in [2.24, 2.45) is 10.9 Å². The van der Waals surface area contributed by atoms with Gasteiger partial charge in [0.25, 0.3) is 0 Å². The van der Waals surface area contributed by atoms with Gasteiger partial charge in [-0.15, -0.1) is 0 Å². The smallest absolute Gasteiger partial charge is 0.170 e. The van der Waals surface area contributed by atoms with Gasteiger partial charge < -0.3 is 10.6 Å². The third-order valence-corrected chi connectivity index (χ3v) is 4.17. The molecule has 1 heterocycles. The monoisotopic (exact) mass is 348 g/mol. The summed E-state index contributed by atoms with van der Waals surface area (Å²) in [5, 5.41) is 8.55. The zero-order valence-corrected chi connectivity index (χ0v) is 15.4. The van der Waals surface area contributed by atoms with Crippen LogP contribution >= 0.6 is 0 Å². The highest BCUT2D eigenvalue weighted by Gasteiger charge is 2.05. The number of oxime groups is 1. The van der Waals surface area contributed by atoms with Gasteiger partial charge in [-0.2, -0.15) is 5.10 Å². The summed E-state index contributed by atoms with van der Waals surface area (Å²) in [4.78, 5) is 5.40. The van der Waals surface area contributed by atoms with E-state index in [1.807, 2.05) is 54.1 Å². The van der Waals surface area contributed by atoms with Crippen LogP contribution in [0.5, 0.6) is 0 Å². The number of hydrogen-bond acceptors (Lipinski definition) is 3.